The third-order valence-electron chi connectivity index (χ3n) is 3.21. The third kappa shape index (κ3) is 5.24. The minimum Gasteiger partial charge on any atom is -0.478 e. The van der Waals surface area contributed by atoms with Gasteiger partial charge in [-0.15, -0.1) is 5.10 Å². The van der Waals surface area contributed by atoms with E-state index in [-0.39, 0.29) is 24.2 Å². The summed E-state index contributed by atoms with van der Waals surface area (Å²) in [4.78, 5) is 10.7. The van der Waals surface area contributed by atoms with Gasteiger partial charge in [0.25, 0.3) is 0 Å². The summed E-state index contributed by atoms with van der Waals surface area (Å²) in [6, 6.07) is 4.46. The number of hydrogen-bond donors (Lipinski definition) is 1. The van der Waals surface area contributed by atoms with Crippen molar-refractivity contribution in [2.24, 2.45) is 0 Å². The predicted molar refractivity (Wildman–Crippen MR) is 87.0 cm³/mol. The molecule has 0 amide bonds. The molecule has 0 saturated heterocycles. The topological polar surface area (TPSA) is 73.6 Å². The lowest BCUT2D eigenvalue weighted by atomic mass is 10.1. The number of nitrogens with zero attached hydrogens (tertiary/aromatic N) is 2. The standard InChI is InChI=1S/C16H14ClF3N2O4/c1-25-9-26-14-7-12(4-5-15(23)24)22(21-14)8-10-2-3-11(6-13(10)17)16(18,19)20/h2-7H,8-9H2,1H3,(H,23,24). The monoisotopic (exact) mass is 390 g/mol. The molecule has 1 aromatic carbocycles. The van der Waals surface area contributed by atoms with Crippen LogP contribution < -0.4 is 4.74 Å². The molecule has 0 aliphatic heterocycles. The van der Waals surface area contributed by atoms with Crippen molar-refractivity contribution in [3.8, 4) is 5.88 Å². The van der Waals surface area contributed by atoms with Crippen molar-refractivity contribution in [3.63, 3.8) is 0 Å². The number of hydrogen-bond acceptors (Lipinski definition) is 4. The number of carboxylic acids is 1. The molecular weight excluding hydrogens is 377 g/mol. The Hall–Kier alpha value is -2.52. The zero-order valence-corrected chi connectivity index (χ0v) is 14.2. The third-order valence-corrected chi connectivity index (χ3v) is 3.56. The number of benzene rings is 1. The molecule has 2 aromatic rings. The molecule has 140 valence electrons. The molecule has 1 N–H and O–H groups in total. The Bertz CT molecular complexity index is 818. The van der Waals surface area contributed by atoms with Crippen molar-refractivity contribution in [1.29, 1.82) is 0 Å². The zero-order valence-electron chi connectivity index (χ0n) is 13.5. The summed E-state index contributed by atoms with van der Waals surface area (Å²) in [5, 5.41) is 12.8. The Labute approximate surface area is 151 Å². The molecule has 0 spiro atoms. The van der Waals surface area contributed by atoms with E-state index < -0.39 is 17.7 Å². The van der Waals surface area contributed by atoms with E-state index in [0.717, 1.165) is 18.2 Å². The van der Waals surface area contributed by atoms with E-state index in [0.29, 0.717) is 11.3 Å². The largest absolute Gasteiger partial charge is 0.478 e. The van der Waals surface area contributed by atoms with Gasteiger partial charge in [-0.1, -0.05) is 17.7 Å². The van der Waals surface area contributed by atoms with Crippen molar-refractivity contribution in [2.45, 2.75) is 12.7 Å². The van der Waals surface area contributed by atoms with Crippen molar-refractivity contribution in [3.05, 3.63) is 52.2 Å². The fourth-order valence-electron chi connectivity index (χ4n) is 2.03. The van der Waals surface area contributed by atoms with Gasteiger partial charge in [-0.25, -0.2) is 4.79 Å². The van der Waals surface area contributed by atoms with Crippen LogP contribution in [0.25, 0.3) is 6.08 Å². The van der Waals surface area contributed by atoms with Crippen LogP contribution in [0.5, 0.6) is 5.88 Å². The second-order valence-electron chi connectivity index (χ2n) is 5.09. The van der Waals surface area contributed by atoms with Crippen molar-refractivity contribution >= 4 is 23.6 Å². The Balaban J connectivity index is 2.32. The summed E-state index contributed by atoms with van der Waals surface area (Å²) in [7, 11) is 1.42. The fraction of sp³-hybridized carbons (Fsp3) is 0.250. The van der Waals surface area contributed by atoms with Gasteiger partial charge in [-0.05, 0) is 23.8 Å². The molecule has 0 aliphatic rings. The lowest BCUT2D eigenvalue weighted by Gasteiger charge is -2.11. The molecule has 0 radical (unpaired) electrons. The van der Waals surface area contributed by atoms with E-state index in [2.05, 4.69) is 5.10 Å². The zero-order chi connectivity index (χ0) is 19.3. The van der Waals surface area contributed by atoms with Gasteiger partial charge in [-0.3, -0.25) is 4.68 Å². The molecule has 1 heterocycles. The van der Waals surface area contributed by atoms with Gasteiger partial charge in [0.05, 0.1) is 17.8 Å². The Kier molecular flexibility index (Phi) is 6.27. The molecule has 0 bridgehead atoms. The number of ether oxygens (including phenoxy) is 2. The molecule has 2 rings (SSSR count). The number of rotatable bonds is 7. The molecule has 0 unspecified atom stereocenters. The van der Waals surface area contributed by atoms with Crippen LogP contribution in [0.15, 0.2) is 30.3 Å². The highest BCUT2D eigenvalue weighted by atomic mass is 35.5. The maximum Gasteiger partial charge on any atom is 0.416 e. The Morgan fingerprint density at radius 2 is 2.12 bits per heavy atom. The minimum atomic E-state index is -4.50. The van der Waals surface area contributed by atoms with Crippen LogP contribution in [0.3, 0.4) is 0 Å². The van der Waals surface area contributed by atoms with E-state index in [9.17, 15) is 18.0 Å². The van der Waals surface area contributed by atoms with Crippen LogP contribution in [0.4, 0.5) is 13.2 Å². The molecule has 10 heteroatoms. The highest BCUT2D eigenvalue weighted by Gasteiger charge is 2.30. The fourth-order valence-corrected chi connectivity index (χ4v) is 2.27. The molecule has 26 heavy (non-hydrogen) atoms. The van der Waals surface area contributed by atoms with Gasteiger partial charge in [0.2, 0.25) is 5.88 Å². The van der Waals surface area contributed by atoms with Crippen LogP contribution in [0.2, 0.25) is 5.02 Å². The first-order valence-electron chi connectivity index (χ1n) is 7.17. The maximum absolute atomic E-state index is 12.7. The summed E-state index contributed by atoms with van der Waals surface area (Å²) in [6.45, 7) is -0.0489. The van der Waals surface area contributed by atoms with E-state index in [1.165, 1.54) is 30.0 Å². The number of carbonyl (C=O) groups is 1. The lowest BCUT2D eigenvalue weighted by molar-refractivity contribution is -0.137. The Morgan fingerprint density at radius 3 is 2.69 bits per heavy atom. The average molecular weight is 391 g/mol. The van der Waals surface area contributed by atoms with E-state index >= 15 is 0 Å². The van der Waals surface area contributed by atoms with E-state index in [4.69, 9.17) is 26.2 Å². The maximum atomic E-state index is 12.7. The van der Waals surface area contributed by atoms with Crippen LogP contribution in [-0.2, 0) is 22.3 Å². The van der Waals surface area contributed by atoms with E-state index in [1.54, 1.807) is 0 Å². The van der Waals surface area contributed by atoms with Crippen LogP contribution in [0, 0.1) is 0 Å². The second kappa shape index (κ2) is 8.24. The number of aliphatic carboxylic acids is 1. The van der Waals surface area contributed by atoms with Gasteiger partial charge in [0.1, 0.15) is 0 Å². The number of alkyl halides is 3. The Morgan fingerprint density at radius 1 is 1.38 bits per heavy atom. The SMILES string of the molecule is COCOc1cc(C=CC(=O)O)n(Cc2ccc(C(F)(F)F)cc2Cl)n1. The number of methoxy groups -OCH3 is 1. The smallest absolute Gasteiger partial charge is 0.416 e. The molecule has 0 fully saturated rings. The summed E-state index contributed by atoms with van der Waals surface area (Å²) in [6.07, 6.45) is -2.31. The number of carboxylic acid groups (broad SMARTS) is 1. The quantitative estimate of drug-likeness (QED) is 0.576. The van der Waals surface area contributed by atoms with Crippen LogP contribution in [0.1, 0.15) is 16.8 Å². The summed E-state index contributed by atoms with van der Waals surface area (Å²) < 4.78 is 49.5. The second-order valence-corrected chi connectivity index (χ2v) is 5.50. The normalized spacial score (nSPS) is 11.9. The summed E-state index contributed by atoms with van der Waals surface area (Å²) in [5.41, 5.74) is -0.109. The summed E-state index contributed by atoms with van der Waals surface area (Å²) in [5.74, 6) is -0.996. The van der Waals surface area contributed by atoms with E-state index in [1.807, 2.05) is 0 Å². The number of aromatic nitrogens is 2. The minimum absolute atomic E-state index is 0.0204. The first-order chi connectivity index (χ1) is 12.2. The molecule has 6 nitrogen and oxygen atoms in total. The van der Waals surface area contributed by atoms with Crippen molar-refractivity contribution in [2.75, 3.05) is 13.9 Å². The molecule has 0 atom stereocenters. The summed E-state index contributed by atoms with van der Waals surface area (Å²) >= 11 is 5.95. The van der Waals surface area contributed by atoms with Gasteiger partial charge in [0.15, 0.2) is 6.79 Å². The van der Waals surface area contributed by atoms with Crippen molar-refractivity contribution < 1.29 is 32.5 Å². The van der Waals surface area contributed by atoms with Gasteiger partial charge in [0, 0.05) is 24.3 Å². The van der Waals surface area contributed by atoms with Crippen molar-refractivity contribution in [1.82, 2.24) is 9.78 Å². The molecule has 1 aromatic heterocycles. The van der Waals surface area contributed by atoms with Crippen LogP contribution >= 0.6 is 11.6 Å². The lowest BCUT2D eigenvalue weighted by Crippen LogP contribution is -2.08. The molecule has 0 aliphatic carbocycles. The first-order valence-corrected chi connectivity index (χ1v) is 7.54. The first kappa shape index (κ1) is 19.8. The van der Waals surface area contributed by atoms with Gasteiger partial charge in [-0.2, -0.15) is 13.2 Å². The van der Waals surface area contributed by atoms with Gasteiger partial charge < -0.3 is 14.6 Å². The predicted octanol–water partition coefficient (Wildman–Crippen LogP) is 3.68. The van der Waals surface area contributed by atoms with Gasteiger partial charge >= 0.3 is 12.1 Å². The highest BCUT2D eigenvalue weighted by Crippen LogP contribution is 2.32. The molecular formula is C16H14ClF3N2O4. The highest BCUT2D eigenvalue weighted by molar-refractivity contribution is 6.31. The average Bonchev–Trinajstić information content (AvgIpc) is 2.93. The van der Waals surface area contributed by atoms with Crippen LogP contribution in [-0.4, -0.2) is 34.8 Å². The number of halogens is 4. The molecule has 0 saturated carbocycles.